The standard InChI is InChI=1S/C8H17NO2S.C2H6.CH4O/c1-5-12-8(2,3)6(9-4)7(10)11;2*1-2/h6,9H,5H2,1-4H3,(H,10,11);1-2H3;2H,1H3. The van der Waals surface area contributed by atoms with Crippen LogP contribution in [0.25, 0.3) is 0 Å². The highest BCUT2D eigenvalue weighted by atomic mass is 32.2. The van der Waals surface area contributed by atoms with Crippen LogP contribution in [-0.2, 0) is 4.79 Å². The lowest BCUT2D eigenvalue weighted by Gasteiger charge is -2.29. The molecule has 16 heavy (non-hydrogen) atoms. The molecule has 0 aliphatic rings. The summed E-state index contributed by atoms with van der Waals surface area (Å²) in [5.74, 6) is 0.141. The Morgan fingerprint density at radius 1 is 1.38 bits per heavy atom. The predicted octanol–water partition coefficient (Wildman–Crippen LogP) is 1.83. The van der Waals surface area contributed by atoms with E-state index in [1.165, 1.54) is 0 Å². The highest BCUT2D eigenvalue weighted by Gasteiger charge is 2.33. The van der Waals surface area contributed by atoms with Gasteiger partial charge in [0.15, 0.2) is 0 Å². The van der Waals surface area contributed by atoms with Gasteiger partial charge in [-0.3, -0.25) is 4.79 Å². The molecular weight excluding hydrogens is 226 g/mol. The van der Waals surface area contributed by atoms with Gasteiger partial charge in [-0.1, -0.05) is 20.8 Å². The zero-order chi connectivity index (χ0) is 13.8. The number of nitrogens with one attached hydrogen (secondary N) is 1. The van der Waals surface area contributed by atoms with Crippen LogP contribution < -0.4 is 5.32 Å². The topological polar surface area (TPSA) is 69.6 Å². The van der Waals surface area contributed by atoms with E-state index in [2.05, 4.69) is 5.32 Å². The molecule has 3 N–H and O–H groups in total. The molecule has 0 saturated carbocycles. The van der Waals surface area contributed by atoms with Crippen LogP contribution in [0.3, 0.4) is 0 Å². The average molecular weight is 253 g/mol. The molecule has 0 aromatic carbocycles. The molecule has 0 rings (SSSR count). The third-order valence-corrected chi connectivity index (χ3v) is 3.02. The molecule has 0 amide bonds. The maximum absolute atomic E-state index is 10.8. The first-order valence-corrected chi connectivity index (χ1v) is 6.43. The highest BCUT2D eigenvalue weighted by Crippen LogP contribution is 2.27. The molecule has 1 unspecified atom stereocenters. The largest absolute Gasteiger partial charge is 0.480 e. The first kappa shape index (κ1) is 21.1. The van der Waals surface area contributed by atoms with Gasteiger partial charge in [-0.15, -0.1) is 0 Å². The Balaban J connectivity index is -0.000000376. The van der Waals surface area contributed by atoms with Gasteiger partial charge in [0.2, 0.25) is 0 Å². The van der Waals surface area contributed by atoms with Crippen molar-refractivity contribution in [2.45, 2.75) is 45.4 Å². The number of rotatable bonds is 5. The molecule has 5 heteroatoms. The third kappa shape index (κ3) is 9.00. The minimum Gasteiger partial charge on any atom is -0.480 e. The van der Waals surface area contributed by atoms with Gasteiger partial charge < -0.3 is 15.5 Å². The minimum absolute atomic E-state index is 0.255. The molecule has 0 aliphatic carbocycles. The van der Waals surface area contributed by atoms with Gasteiger partial charge >= 0.3 is 5.97 Å². The summed E-state index contributed by atoms with van der Waals surface area (Å²) in [6.45, 7) is 9.91. The van der Waals surface area contributed by atoms with E-state index in [9.17, 15) is 4.79 Å². The number of carboxylic acid groups (broad SMARTS) is 1. The van der Waals surface area contributed by atoms with Crippen LogP contribution in [0.5, 0.6) is 0 Å². The molecule has 0 fully saturated rings. The van der Waals surface area contributed by atoms with E-state index in [-0.39, 0.29) is 4.75 Å². The Kier molecular flexibility index (Phi) is 16.9. The van der Waals surface area contributed by atoms with Gasteiger partial charge in [0.05, 0.1) is 0 Å². The fraction of sp³-hybridized carbons (Fsp3) is 0.909. The van der Waals surface area contributed by atoms with Crippen molar-refractivity contribution in [3.05, 3.63) is 0 Å². The van der Waals surface area contributed by atoms with Crippen molar-refractivity contribution in [3.8, 4) is 0 Å². The Morgan fingerprint density at radius 2 is 1.75 bits per heavy atom. The number of likely N-dealkylation sites (N-methyl/N-ethyl adjacent to an activating group) is 1. The normalized spacial score (nSPS) is 11.5. The van der Waals surface area contributed by atoms with Gasteiger partial charge in [0.25, 0.3) is 0 Å². The SMILES string of the molecule is CC.CCSC(C)(C)C(NC)C(=O)O.CO. The summed E-state index contributed by atoms with van der Waals surface area (Å²) < 4.78 is -0.255. The van der Waals surface area contributed by atoms with Crippen LogP contribution in [0, 0.1) is 0 Å². The summed E-state index contributed by atoms with van der Waals surface area (Å²) in [7, 11) is 2.68. The molecule has 0 aromatic heterocycles. The zero-order valence-corrected chi connectivity index (χ0v) is 12.3. The van der Waals surface area contributed by atoms with Crippen molar-refractivity contribution >= 4 is 17.7 Å². The Labute approximate surface area is 104 Å². The van der Waals surface area contributed by atoms with Gasteiger partial charge in [0.1, 0.15) is 6.04 Å². The minimum atomic E-state index is -0.788. The first-order valence-electron chi connectivity index (χ1n) is 5.44. The lowest BCUT2D eigenvalue weighted by atomic mass is 10.0. The lowest BCUT2D eigenvalue weighted by Crippen LogP contribution is -2.48. The van der Waals surface area contributed by atoms with Gasteiger partial charge in [-0.25, -0.2) is 0 Å². The molecule has 0 aliphatic heterocycles. The third-order valence-electron chi connectivity index (χ3n) is 1.75. The van der Waals surface area contributed by atoms with Crippen molar-refractivity contribution in [3.63, 3.8) is 0 Å². The maximum atomic E-state index is 10.8. The summed E-state index contributed by atoms with van der Waals surface area (Å²) in [5.41, 5.74) is 0. The van der Waals surface area contributed by atoms with Crippen LogP contribution in [0.1, 0.15) is 34.6 Å². The van der Waals surface area contributed by atoms with Crippen LogP contribution in [0.2, 0.25) is 0 Å². The van der Waals surface area contributed by atoms with Gasteiger partial charge in [-0.05, 0) is 26.6 Å². The van der Waals surface area contributed by atoms with E-state index in [0.717, 1.165) is 12.9 Å². The second-order valence-corrected chi connectivity index (χ2v) is 5.01. The van der Waals surface area contributed by atoms with Crippen molar-refractivity contribution < 1.29 is 15.0 Å². The van der Waals surface area contributed by atoms with Crippen molar-refractivity contribution in [2.75, 3.05) is 19.9 Å². The molecule has 4 nitrogen and oxygen atoms in total. The number of aliphatic carboxylic acids is 1. The van der Waals surface area contributed by atoms with Gasteiger partial charge in [0, 0.05) is 11.9 Å². The van der Waals surface area contributed by atoms with E-state index in [1.807, 2.05) is 34.6 Å². The fourth-order valence-corrected chi connectivity index (χ4v) is 2.35. The van der Waals surface area contributed by atoms with E-state index in [4.69, 9.17) is 10.2 Å². The number of carboxylic acids is 1. The summed E-state index contributed by atoms with van der Waals surface area (Å²) in [4.78, 5) is 10.8. The number of carbonyl (C=O) groups is 1. The Morgan fingerprint density at radius 3 is 1.94 bits per heavy atom. The van der Waals surface area contributed by atoms with Crippen molar-refractivity contribution in [1.82, 2.24) is 5.32 Å². The molecule has 0 heterocycles. The van der Waals surface area contributed by atoms with E-state index in [0.29, 0.717) is 0 Å². The fourth-order valence-electron chi connectivity index (χ4n) is 1.22. The zero-order valence-electron chi connectivity index (χ0n) is 11.5. The Bertz CT molecular complexity index is 163. The summed E-state index contributed by atoms with van der Waals surface area (Å²) in [6.07, 6.45) is 0. The summed E-state index contributed by atoms with van der Waals surface area (Å²) >= 11 is 1.65. The smallest absolute Gasteiger partial charge is 0.322 e. The quantitative estimate of drug-likeness (QED) is 0.697. The van der Waals surface area contributed by atoms with E-state index < -0.39 is 12.0 Å². The summed E-state index contributed by atoms with van der Waals surface area (Å²) in [5, 5.41) is 18.7. The second-order valence-electron chi connectivity index (χ2n) is 3.10. The molecule has 0 saturated heterocycles. The molecule has 100 valence electrons. The molecule has 0 spiro atoms. The molecule has 0 bridgehead atoms. The molecular formula is C11H27NO3S. The molecule has 1 atom stereocenters. The Hall–Kier alpha value is -0.260. The molecule has 0 radical (unpaired) electrons. The maximum Gasteiger partial charge on any atom is 0.322 e. The summed E-state index contributed by atoms with van der Waals surface area (Å²) in [6, 6.07) is -0.484. The second kappa shape index (κ2) is 12.8. The number of hydrogen-bond acceptors (Lipinski definition) is 4. The number of hydrogen-bond donors (Lipinski definition) is 3. The number of aliphatic hydroxyl groups is 1. The van der Waals surface area contributed by atoms with Gasteiger partial charge in [-0.2, -0.15) is 11.8 Å². The number of thioether (sulfide) groups is 1. The van der Waals surface area contributed by atoms with E-state index in [1.54, 1.807) is 18.8 Å². The average Bonchev–Trinajstić information content (AvgIpc) is 2.23. The van der Waals surface area contributed by atoms with Crippen LogP contribution in [0.4, 0.5) is 0 Å². The molecule has 0 aromatic rings. The van der Waals surface area contributed by atoms with Crippen molar-refractivity contribution in [2.24, 2.45) is 0 Å². The van der Waals surface area contributed by atoms with E-state index >= 15 is 0 Å². The number of aliphatic hydroxyl groups excluding tert-OH is 1. The first-order chi connectivity index (χ1) is 7.45. The monoisotopic (exact) mass is 253 g/mol. The van der Waals surface area contributed by atoms with Crippen LogP contribution in [-0.4, -0.2) is 46.9 Å². The predicted molar refractivity (Wildman–Crippen MR) is 72.2 cm³/mol. The lowest BCUT2D eigenvalue weighted by molar-refractivity contribution is -0.139. The van der Waals surface area contributed by atoms with Crippen LogP contribution >= 0.6 is 11.8 Å². The van der Waals surface area contributed by atoms with Crippen LogP contribution in [0.15, 0.2) is 0 Å². The highest BCUT2D eigenvalue weighted by molar-refractivity contribution is 8.00. The van der Waals surface area contributed by atoms with Crippen molar-refractivity contribution in [1.29, 1.82) is 0 Å².